The average Bonchev–Trinajstić information content (AvgIpc) is 3.07. The summed E-state index contributed by atoms with van der Waals surface area (Å²) in [6.45, 7) is 0. The van der Waals surface area contributed by atoms with Crippen molar-refractivity contribution in [2.75, 3.05) is 0 Å². The highest BCUT2D eigenvalue weighted by atomic mass is 32.1. The van der Waals surface area contributed by atoms with E-state index in [-0.39, 0.29) is 6.04 Å². The minimum absolute atomic E-state index is 0.0503. The Hall–Kier alpha value is -1.68. The van der Waals surface area contributed by atoms with E-state index >= 15 is 0 Å². The number of rotatable bonds is 2. The van der Waals surface area contributed by atoms with Gasteiger partial charge >= 0.3 is 0 Å². The lowest BCUT2D eigenvalue weighted by Gasteiger charge is -2.13. The summed E-state index contributed by atoms with van der Waals surface area (Å²) in [6.07, 6.45) is 0. The van der Waals surface area contributed by atoms with Crippen LogP contribution in [0.2, 0.25) is 0 Å². The largest absolute Gasteiger partial charge is 0.320 e. The quantitative estimate of drug-likeness (QED) is 0.543. The Labute approximate surface area is 125 Å². The minimum atomic E-state index is -0.0503. The van der Waals surface area contributed by atoms with E-state index in [1.54, 1.807) is 22.7 Å². The maximum atomic E-state index is 6.52. The van der Waals surface area contributed by atoms with Crippen LogP contribution in [0.1, 0.15) is 16.5 Å². The number of benzene rings is 2. The van der Waals surface area contributed by atoms with Crippen molar-refractivity contribution in [3.8, 4) is 0 Å². The number of hydrogen-bond donors (Lipinski definition) is 1. The Balaban J connectivity index is 1.87. The van der Waals surface area contributed by atoms with Crippen LogP contribution >= 0.6 is 22.7 Å². The van der Waals surface area contributed by atoms with Gasteiger partial charge < -0.3 is 5.73 Å². The van der Waals surface area contributed by atoms with Gasteiger partial charge in [-0.3, -0.25) is 0 Å². The monoisotopic (exact) mass is 295 g/mol. The van der Waals surface area contributed by atoms with Crippen LogP contribution in [0.3, 0.4) is 0 Å². The van der Waals surface area contributed by atoms with Crippen molar-refractivity contribution in [1.29, 1.82) is 0 Å². The number of fused-ring (bicyclic) bond motifs is 2. The fraction of sp³-hybridized carbons (Fsp3) is 0.0588. The van der Waals surface area contributed by atoms with E-state index in [1.165, 1.54) is 30.6 Å². The third kappa shape index (κ3) is 1.86. The number of thiophene rings is 2. The molecule has 2 aromatic heterocycles. The minimum Gasteiger partial charge on any atom is -0.320 e. The summed E-state index contributed by atoms with van der Waals surface area (Å²) in [5.41, 5.74) is 7.73. The van der Waals surface area contributed by atoms with Crippen molar-refractivity contribution >= 4 is 42.8 Å². The molecule has 4 aromatic rings. The molecular formula is C17H13NS2. The molecular weight excluding hydrogens is 282 g/mol. The predicted octanol–water partition coefficient (Wildman–Crippen LogP) is 5.16. The molecule has 2 aromatic carbocycles. The van der Waals surface area contributed by atoms with Gasteiger partial charge in [0.15, 0.2) is 0 Å². The second kappa shape index (κ2) is 4.70. The van der Waals surface area contributed by atoms with Gasteiger partial charge in [0.2, 0.25) is 0 Å². The van der Waals surface area contributed by atoms with Crippen LogP contribution in [0.5, 0.6) is 0 Å². The van der Waals surface area contributed by atoms with Gasteiger partial charge in [-0.05, 0) is 33.8 Å². The Morgan fingerprint density at radius 2 is 1.75 bits per heavy atom. The molecule has 0 aliphatic carbocycles. The third-order valence-electron chi connectivity index (χ3n) is 3.62. The highest BCUT2D eigenvalue weighted by molar-refractivity contribution is 7.27. The van der Waals surface area contributed by atoms with Crippen molar-refractivity contribution in [1.82, 2.24) is 0 Å². The Morgan fingerprint density at radius 1 is 0.900 bits per heavy atom. The first-order chi connectivity index (χ1) is 9.83. The van der Waals surface area contributed by atoms with Crippen molar-refractivity contribution in [2.45, 2.75) is 6.04 Å². The number of hydrogen-bond acceptors (Lipinski definition) is 3. The molecule has 20 heavy (non-hydrogen) atoms. The lowest BCUT2D eigenvalue weighted by molar-refractivity contribution is 0.904. The maximum Gasteiger partial charge on any atom is 0.0652 e. The van der Waals surface area contributed by atoms with E-state index in [1.807, 2.05) is 0 Å². The first-order valence-electron chi connectivity index (χ1n) is 6.53. The van der Waals surface area contributed by atoms with E-state index in [0.29, 0.717) is 0 Å². The smallest absolute Gasteiger partial charge is 0.0652 e. The second-order valence-electron chi connectivity index (χ2n) is 4.84. The summed E-state index contributed by atoms with van der Waals surface area (Å²) in [4.78, 5) is 1.24. The molecule has 0 radical (unpaired) electrons. The highest BCUT2D eigenvalue weighted by Gasteiger charge is 2.15. The van der Waals surface area contributed by atoms with E-state index in [4.69, 9.17) is 5.73 Å². The van der Waals surface area contributed by atoms with Gasteiger partial charge in [-0.25, -0.2) is 0 Å². The van der Waals surface area contributed by atoms with Crippen LogP contribution in [-0.2, 0) is 0 Å². The van der Waals surface area contributed by atoms with Crippen LogP contribution in [0.25, 0.3) is 20.2 Å². The molecule has 1 nitrogen and oxygen atoms in total. The summed E-state index contributed by atoms with van der Waals surface area (Å²) in [7, 11) is 0. The molecule has 2 heterocycles. The van der Waals surface area contributed by atoms with Crippen LogP contribution < -0.4 is 5.73 Å². The molecule has 0 saturated carbocycles. The van der Waals surface area contributed by atoms with Crippen molar-refractivity contribution in [3.05, 3.63) is 70.4 Å². The standard InChI is InChI=1S/C17H13NS2/c18-17(16-10-15-14(20-16)8-9-19-15)13-7-3-5-11-4-1-2-6-12(11)13/h1-10,17H,18H2. The van der Waals surface area contributed by atoms with Crippen molar-refractivity contribution in [2.24, 2.45) is 5.73 Å². The molecule has 1 atom stereocenters. The molecule has 0 aliphatic heterocycles. The Kier molecular flexibility index (Phi) is 2.84. The van der Waals surface area contributed by atoms with Gasteiger partial charge in [0, 0.05) is 14.3 Å². The van der Waals surface area contributed by atoms with Crippen LogP contribution in [0, 0.1) is 0 Å². The van der Waals surface area contributed by atoms with Crippen LogP contribution in [-0.4, -0.2) is 0 Å². The SMILES string of the molecule is NC(c1cc2sccc2s1)c1cccc2ccccc12. The molecule has 0 aliphatic rings. The summed E-state index contributed by atoms with van der Waals surface area (Å²) in [6, 6.07) is 19.2. The summed E-state index contributed by atoms with van der Waals surface area (Å²) in [5.74, 6) is 0. The van der Waals surface area contributed by atoms with E-state index in [9.17, 15) is 0 Å². The Bertz CT molecular complexity index is 854. The highest BCUT2D eigenvalue weighted by Crippen LogP contribution is 2.36. The molecule has 0 fully saturated rings. The number of nitrogens with two attached hydrogens (primary N) is 1. The molecule has 0 bridgehead atoms. The molecule has 2 N–H and O–H groups in total. The normalized spacial score (nSPS) is 13.1. The van der Waals surface area contributed by atoms with E-state index < -0.39 is 0 Å². The van der Waals surface area contributed by atoms with Gasteiger partial charge in [0.1, 0.15) is 0 Å². The topological polar surface area (TPSA) is 26.0 Å². The molecule has 1 unspecified atom stereocenters. The van der Waals surface area contributed by atoms with E-state index in [2.05, 4.69) is 60.0 Å². The van der Waals surface area contributed by atoms with Crippen molar-refractivity contribution in [3.63, 3.8) is 0 Å². The van der Waals surface area contributed by atoms with Gasteiger partial charge in [-0.2, -0.15) is 0 Å². The lowest BCUT2D eigenvalue weighted by Crippen LogP contribution is -2.10. The van der Waals surface area contributed by atoms with Crippen LogP contribution in [0.15, 0.2) is 60.0 Å². The van der Waals surface area contributed by atoms with Gasteiger partial charge in [-0.15, -0.1) is 22.7 Å². The molecule has 4 rings (SSSR count). The van der Waals surface area contributed by atoms with Crippen LogP contribution in [0.4, 0.5) is 0 Å². The van der Waals surface area contributed by atoms with Gasteiger partial charge in [0.25, 0.3) is 0 Å². The Morgan fingerprint density at radius 3 is 2.65 bits per heavy atom. The zero-order chi connectivity index (χ0) is 13.5. The fourth-order valence-corrected chi connectivity index (χ4v) is 4.75. The molecule has 0 amide bonds. The molecule has 3 heteroatoms. The third-order valence-corrected chi connectivity index (χ3v) is 5.80. The second-order valence-corrected chi connectivity index (χ2v) is 6.91. The zero-order valence-electron chi connectivity index (χ0n) is 10.7. The lowest BCUT2D eigenvalue weighted by atomic mass is 9.98. The first kappa shape index (κ1) is 12.1. The van der Waals surface area contributed by atoms with Gasteiger partial charge in [-0.1, -0.05) is 42.5 Å². The first-order valence-corrected chi connectivity index (χ1v) is 8.23. The molecule has 98 valence electrons. The molecule has 0 spiro atoms. The summed E-state index contributed by atoms with van der Waals surface area (Å²) in [5, 5.41) is 4.63. The zero-order valence-corrected chi connectivity index (χ0v) is 12.4. The van der Waals surface area contributed by atoms with Gasteiger partial charge in [0.05, 0.1) is 6.04 Å². The van der Waals surface area contributed by atoms with E-state index in [0.717, 1.165) is 0 Å². The fourth-order valence-electron chi connectivity index (χ4n) is 2.61. The summed E-state index contributed by atoms with van der Waals surface area (Å²) < 4.78 is 2.67. The maximum absolute atomic E-state index is 6.52. The molecule has 0 saturated heterocycles. The summed E-state index contributed by atoms with van der Waals surface area (Å²) >= 11 is 3.58. The van der Waals surface area contributed by atoms with Crippen molar-refractivity contribution < 1.29 is 0 Å². The predicted molar refractivity (Wildman–Crippen MR) is 89.7 cm³/mol. The average molecular weight is 295 g/mol.